The van der Waals surface area contributed by atoms with Gasteiger partial charge in [0.2, 0.25) is 0 Å². The van der Waals surface area contributed by atoms with E-state index in [0.29, 0.717) is 11.8 Å². The predicted octanol–water partition coefficient (Wildman–Crippen LogP) is 4.03. The predicted molar refractivity (Wildman–Crippen MR) is 84.4 cm³/mol. The van der Waals surface area contributed by atoms with E-state index in [4.69, 9.17) is 9.40 Å². The fraction of sp³-hybridized carbons (Fsp3) is 0.375. The van der Waals surface area contributed by atoms with Gasteiger partial charge in [-0.25, -0.2) is 9.97 Å². The van der Waals surface area contributed by atoms with Gasteiger partial charge in [-0.2, -0.15) is 11.8 Å². The van der Waals surface area contributed by atoms with Crippen LogP contribution in [0, 0.1) is 0 Å². The van der Waals surface area contributed by atoms with E-state index >= 15 is 0 Å². The van der Waals surface area contributed by atoms with Crippen LogP contribution in [0.3, 0.4) is 0 Å². The number of hydrogen-bond donors (Lipinski definition) is 0. The topological polar surface area (TPSA) is 43.9 Å². The molecule has 3 aromatic heterocycles. The standard InChI is InChI=1S/C16H17N3OS/c1-2-10-21-14(7-1)16-18-13-6-3-8-17-15(13)19(16)11-12-5-4-9-20-12/h3-6,8-9,14H,1-2,7,10-11H2. The number of aromatic nitrogens is 3. The minimum Gasteiger partial charge on any atom is -0.467 e. The molecule has 1 saturated heterocycles. The fourth-order valence-corrected chi connectivity index (χ4v) is 4.20. The summed E-state index contributed by atoms with van der Waals surface area (Å²) in [5, 5.41) is 0.475. The van der Waals surface area contributed by atoms with Crippen LogP contribution in [-0.4, -0.2) is 20.3 Å². The van der Waals surface area contributed by atoms with Crippen molar-refractivity contribution in [3.8, 4) is 0 Å². The van der Waals surface area contributed by atoms with Crippen LogP contribution in [0.25, 0.3) is 11.2 Å². The lowest BCUT2D eigenvalue weighted by Gasteiger charge is -2.21. The van der Waals surface area contributed by atoms with Crippen LogP contribution in [0.5, 0.6) is 0 Å². The van der Waals surface area contributed by atoms with Gasteiger partial charge in [-0.1, -0.05) is 6.42 Å². The maximum absolute atomic E-state index is 5.51. The first-order valence-corrected chi connectivity index (χ1v) is 8.42. The zero-order chi connectivity index (χ0) is 14.1. The SMILES string of the molecule is c1coc(Cn2c(C3CCCCS3)nc3cccnc32)c1. The lowest BCUT2D eigenvalue weighted by Crippen LogP contribution is -2.11. The highest BCUT2D eigenvalue weighted by Crippen LogP contribution is 2.38. The normalized spacial score (nSPS) is 19.1. The van der Waals surface area contributed by atoms with E-state index < -0.39 is 0 Å². The quantitative estimate of drug-likeness (QED) is 0.732. The van der Waals surface area contributed by atoms with E-state index in [0.717, 1.165) is 22.7 Å². The van der Waals surface area contributed by atoms with Crippen LogP contribution in [0.2, 0.25) is 0 Å². The van der Waals surface area contributed by atoms with Crippen molar-refractivity contribution in [1.82, 2.24) is 14.5 Å². The van der Waals surface area contributed by atoms with Crippen molar-refractivity contribution in [3.63, 3.8) is 0 Å². The summed E-state index contributed by atoms with van der Waals surface area (Å²) in [5.74, 6) is 3.31. The zero-order valence-electron chi connectivity index (χ0n) is 11.7. The lowest BCUT2D eigenvalue weighted by molar-refractivity contribution is 0.488. The van der Waals surface area contributed by atoms with Crippen LogP contribution >= 0.6 is 11.8 Å². The Morgan fingerprint density at radius 1 is 1.29 bits per heavy atom. The molecule has 0 spiro atoms. The maximum atomic E-state index is 5.51. The Labute approximate surface area is 127 Å². The number of furan rings is 1. The molecule has 21 heavy (non-hydrogen) atoms. The highest BCUT2D eigenvalue weighted by molar-refractivity contribution is 7.99. The summed E-state index contributed by atoms with van der Waals surface area (Å²) in [4.78, 5) is 9.38. The first-order valence-electron chi connectivity index (χ1n) is 7.37. The van der Waals surface area contributed by atoms with Crippen molar-refractivity contribution in [1.29, 1.82) is 0 Å². The highest BCUT2D eigenvalue weighted by atomic mass is 32.2. The van der Waals surface area contributed by atoms with Crippen LogP contribution in [0.4, 0.5) is 0 Å². The van der Waals surface area contributed by atoms with Gasteiger partial charge in [-0.05, 0) is 42.9 Å². The average Bonchev–Trinajstić information content (AvgIpc) is 3.17. The second-order valence-electron chi connectivity index (χ2n) is 5.34. The summed E-state index contributed by atoms with van der Waals surface area (Å²) in [6.07, 6.45) is 7.36. The van der Waals surface area contributed by atoms with Gasteiger partial charge in [-0.3, -0.25) is 0 Å². The van der Waals surface area contributed by atoms with Crippen molar-refractivity contribution in [2.24, 2.45) is 0 Å². The molecule has 4 nitrogen and oxygen atoms in total. The molecule has 1 unspecified atom stereocenters. The van der Waals surface area contributed by atoms with Gasteiger partial charge in [0, 0.05) is 6.20 Å². The molecule has 108 valence electrons. The molecule has 4 rings (SSSR count). The number of nitrogens with zero attached hydrogens (tertiary/aromatic N) is 3. The smallest absolute Gasteiger partial charge is 0.160 e. The third kappa shape index (κ3) is 2.46. The van der Waals surface area contributed by atoms with Crippen molar-refractivity contribution in [3.05, 3.63) is 48.3 Å². The van der Waals surface area contributed by atoms with Gasteiger partial charge in [0.1, 0.15) is 17.1 Å². The maximum Gasteiger partial charge on any atom is 0.160 e. The molecule has 1 atom stereocenters. The van der Waals surface area contributed by atoms with Crippen molar-refractivity contribution < 1.29 is 4.42 Å². The van der Waals surface area contributed by atoms with Gasteiger partial charge in [0.05, 0.1) is 18.1 Å². The molecule has 1 aliphatic heterocycles. The monoisotopic (exact) mass is 299 g/mol. The molecule has 1 aliphatic rings. The average molecular weight is 299 g/mol. The number of rotatable bonds is 3. The Bertz CT molecular complexity index is 729. The molecule has 0 bridgehead atoms. The Kier molecular flexibility index (Phi) is 3.43. The molecule has 0 saturated carbocycles. The van der Waals surface area contributed by atoms with Crippen LogP contribution in [0.1, 0.15) is 36.1 Å². The number of imidazole rings is 1. The van der Waals surface area contributed by atoms with Crippen molar-refractivity contribution in [2.45, 2.75) is 31.1 Å². The third-order valence-electron chi connectivity index (χ3n) is 3.90. The molecule has 0 aromatic carbocycles. The van der Waals surface area contributed by atoms with E-state index in [2.05, 4.69) is 9.55 Å². The zero-order valence-corrected chi connectivity index (χ0v) is 12.6. The molecule has 4 heterocycles. The Balaban J connectivity index is 1.80. The minimum atomic E-state index is 0.475. The summed E-state index contributed by atoms with van der Waals surface area (Å²) >= 11 is 2.02. The van der Waals surface area contributed by atoms with E-state index in [1.807, 2.05) is 42.2 Å². The van der Waals surface area contributed by atoms with Gasteiger partial charge < -0.3 is 8.98 Å². The summed E-state index contributed by atoms with van der Waals surface area (Å²) in [5.41, 5.74) is 1.93. The molecule has 0 radical (unpaired) electrons. The van der Waals surface area contributed by atoms with Gasteiger partial charge in [0.15, 0.2) is 5.65 Å². The molecule has 1 fully saturated rings. The molecule has 0 aliphatic carbocycles. The molecule has 3 aromatic rings. The summed E-state index contributed by atoms with van der Waals surface area (Å²) in [6.45, 7) is 0.701. The van der Waals surface area contributed by atoms with Gasteiger partial charge in [0.25, 0.3) is 0 Å². The summed E-state index contributed by atoms with van der Waals surface area (Å²) in [7, 11) is 0. The van der Waals surface area contributed by atoms with Crippen LogP contribution < -0.4 is 0 Å². The molecule has 0 N–H and O–H groups in total. The Morgan fingerprint density at radius 3 is 3.10 bits per heavy atom. The van der Waals surface area contributed by atoms with E-state index in [1.54, 1.807) is 6.26 Å². The number of pyridine rings is 1. The first kappa shape index (κ1) is 13.0. The van der Waals surface area contributed by atoms with Crippen LogP contribution in [0.15, 0.2) is 41.1 Å². The van der Waals surface area contributed by atoms with Crippen molar-refractivity contribution >= 4 is 22.9 Å². The van der Waals surface area contributed by atoms with E-state index in [1.165, 1.54) is 25.0 Å². The second kappa shape index (κ2) is 5.56. The summed E-state index contributed by atoms with van der Waals surface area (Å²) < 4.78 is 7.73. The van der Waals surface area contributed by atoms with E-state index in [-0.39, 0.29) is 0 Å². The van der Waals surface area contributed by atoms with Gasteiger partial charge in [-0.15, -0.1) is 0 Å². The van der Waals surface area contributed by atoms with Crippen LogP contribution in [-0.2, 0) is 6.54 Å². The lowest BCUT2D eigenvalue weighted by atomic mass is 10.2. The molecular formula is C16H17N3OS. The number of fused-ring (bicyclic) bond motifs is 1. The minimum absolute atomic E-state index is 0.475. The van der Waals surface area contributed by atoms with Crippen molar-refractivity contribution in [2.75, 3.05) is 5.75 Å². The molecule has 5 heteroatoms. The third-order valence-corrected chi connectivity index (χ3v) is 5.27. The summed E-state index contributed by atoms with van der Waals surface area (Å²) in [6, 6.07) is 7.92. The molecular weight excluding hydrogens is 282 g/mol. The molecule has 0 amide bonds. The first-order chi connectivity index (χ1) is 10.4. The van der Waals surface area contributed by atoms with E-state index in [9.17, 15) is 0 Å². The largest absolute Gasteiger partial charge is 0.467 e. The Morgan fingerprint density at radius 2 is 2.29 bits per heavy atom. The fourth-order valence-electron chi connectivity index (χ4n) is 2.88. The Hall–Kier alpha value is -1.75. The second-order valence-corrected chi connectivity index (χ2v) is 6.65. The highest BCUT2D eigenvalue weighted by Gasteiger charge is 2.23. The number of hydrogen-bond acceptors (Lipinski definition) is 4. The number of thioether (sulfide) groups is 1. The van der Waals surface area contributed by atoms with Gasteiger partial charge >= 0.3 is 0 Å².